The number of sulfonamides is 1. The first-order valence-electron chi connectivity index (χ1n) is 8.76. The number of carbonyl (C=O) groups is 1. The van der Waals surface area contributed by atoms with E-state index < -0.39 is 10.0 Å². The van der Waals surface area contributed by atoms with Gasteiger partial charge in [-0.1, -0.05) is 48.0 Å². The molecule has 0 saturated heterocycles. The molecule has 146 valence electrons. The van der Waals surface area contributed by atoms with E-state index in [9.17, 15) is 13.2 Å². The predicted molar refractivity (Wildman–Crippen MR) is 111 cm³/mol. The average molecular weight is 409 g/mol. The highest BCUT2D eigenvalue weighted by Gasteiger charge is 2.20. The van der Waals surface area contributed by atoms with Crippen molar-refractivity contribution >= 4 is 33.2 Å². The first-order chi connectivity index (χ1) is 12.7. The van der Waals surface area contributed by atoms with Crippen LogP contribution in [0.15, 0.2) is 48.5 Å². The lowest BCUT2D eigenvalue weighted by atomic mass is 10.1. The summed E-state index contributed by atoms with van der Waals surface area (Å²) >= 11 is 6.03. The SMILES string of the molecule is Cc1ccc(Cl)cc1N(CCCC(=O)N[C@H](C)c1ccccc1)S(C)(=O)=O. The Morgan fingerprint density at radius 2 is 1.85 bits per heavy atom. The van der Waals surface area contributed by atoms with Crippen molar-refractivity contribution in [3.63, 3.8) is 0 Å². The number of anilines is 1. The van der Waals surface area contributed by atoms with Crippen molar-refractivity contribution in [1.29, 1.82) is 0 Å². The molecule has 2 rings (SSSR count). The minimum atomic E-state index is -3.48. The number of nitrogens with one attached hydrogen (secondary N) is 1. The van der Waals surface area contributed by atoms with Gasteiger partial charge in [0.2, 0.25) is 15.9 Å². The van der Waals surface area contributed by atoms with E-state index in [-0.39, 0.29) is 24.9 Å². The molecule has 2 aromatic rings. The predicted octanol–water partition coefficient (Wildman–Crippen LogP) is 4.07. The summed E-state index contributed by atoms with van der Waals surface area (Å²) in [6, 6.07) is 14.7. The normalized spacial score (nSPS) is 12.4. The van der Waals surface area contributed by atoms with E-state index in [1.165, 1.54) is 4.31 Å². The van der Waals surface area contributed by atoms with Gasteiger partial charge in [-0.05, 0) is 43.5 Å². The summed E-state index contributed by atoms with van der Waals surface area (Å²) in [5.74, 6) is -0.109. The van der Waals surface area contributed by atoms with Gasteiger partial charge in [-0.3, -0.25) is 9.10 Å². The standard InChI is InChI=1S/C20H25ClN2O3S/c1-15-11-12-18(21)14-19(15)23(27(3,25)26)13-7-10-20(24)22-16(2)17-8-5-4-6-9-17/h4-6,8-9,11-12,14,16H,7,10,13H2,1-3H3,(H,22,24)/t16-/m1/s1. The molecule has 0 fully saturated rings. The number of halogens is 1. The maximum atomic E-state index is 12.2. The lowest BCUT2D eigenvalue weighted by Gasteiger charge is -2.24. The van der Waals surface area contributed by atoms with Crippen molar-refractivity contribution in [2.45, 2.75) is 32.7 Å². The molecule has 0 aliphatic carbocycles. The summed E-state index contributed by atoms with van der Waals surface area (Å²) in [5, 5.41) is 3.41. The number of hydrogen-bond acceptors (Lipinski definition) is 3. The van der Waals surface area contributed by atoms with E-state index in [0.29, 0.717) is 17.1 Å². The highest BCUT2D eigenvalue weighted by atomic mass is 35.5. The van der Waals surface area contributed by atoms with Crippen LogP contribution in [0.4, 0.5) is 5.69 Å². The molecule has 0 spiro atoms. The Balaban J connectivity index is 1.98. The second kappa shape index (κ2) is 9.24. The highest BCUT2D eigenvalue weighted by Crippen LogP contribution is 2.26. The summed E-state index contributed by atoms with van der Waals surface area (Å²) in [5.41, 5.74) is 2.38. The number of hydrogen-bond donors (Lipinski definition) is 1. The summed E-state index contributed by atoms with van der Waals surface area (Å²) in [6.07, 6.45) is 1.81. The van der Waals surface area contributed by atoms with Gasteiger partial charge in [0.05, 0.1) is 18.0 Å². The quantitative estimate of drug-likeness (QED) is 0.715. The molecule has 27 heavy (non-hydrogen) atoms. The fourth-order valence-corrected chi connectivity index (χ4v) is 4.02. The number of carbonyl (C=O) groups excluding carboxylic acids is 1. The molecule has 0 bridgehead atoms. The van der Waals surface area contributed by atoms with Crippen molar-refractivity contribution in [2.24, 2.45) is 0 Å². The fraction of sp³-hybridized carbons (Fsp3) is 0.350. The van der Waals surface area contributed by atoms with E-state index in [1.807, 2.05) is 44.2 Å². The maximum absolute atomic E-state index is 12.2. The molecule has 1 N–H and O–H groups in total. The molecule has 0 radical (unpaired) electrons. The third-order valence-corrected chi connectivity index (χ3v) is 5.70. The number of benzene rings is 2. The Labute approximate surface area is 166 Å². The molecule has 2 aromatic carbocycles. The van der Waals surface area contributed by atoms with Crippen LogP contribution in [0.3, 0.4) is 0 Å². The molecule has 7 heteroatoms. The van der Waals surface area contributed by atoms with Crippen molar-refractivity contribution in [3.8, 4) is 0 Å². The monoisotopic (exact) mass is 408 g/mol. The highest BCUT2D eigenvalue weighted by molar-refractivity contribution is 7.92. The van der Waals surface area contributed by atoms with E-state index in [0.717, 1.165) is 17.4 Å². The first-order valence-corrected chi connectivity index (χ1v) is 11.0. The van der Waals surface area contributed by atoms with Gasteiger partial charge in [-0.2, -0.15) is 0 Å². The number of amides is 1. The van der Waals surface area contributed by atoms with Crippen molar-refractivity contribution in [1.82, 2.24) is 5.32 Å². The maximum Gasteiger partial charge on any atom is 0.232 e. The van der Waals surface area contributed by atoms with Crippen molar-refractivity contribution < 1.29 is 13.2 Å². The zero-order chi connectivity index (χ0) is 20.0. The summed E-state index contributed by atoms with van der Waals surface area (Å²) in [7, 11) is -3.48. The number of rotatable bonds is 8. The minimum Gasteiger partial charge on any atom is -0.350 e. The van der Waals surface area contributed by atoms with Gasteiger partial charge in [-0.15, -0.1) is 0 Å². The molecular formula is C20H25ClN2O3S. The first kappa shape index (κ1) is 21.3. The molecule has 1 atom stereocenters. The van der Waals surface area contributed by atoms with E-state index in [2.05, 4.69) is 5.32 Å². The van der Waals surface area contributed by atoms with Gasteiger partial charge in [0, 0.05) is 18.0 Å². The Kier molecular flexibility index (Phi) is 7.27. The van der Waals surface area contributed by atoms with Crippen LogP contribution in [-0.2, 0) is 14.8 Å². The number of aryl methyl sites for hydroxylation is 1. The van der Waals surface area contributed by atoms with Crippen LogP contribution in [0.5, 0.6) is 0 Å². The Hall–Kier alpha value is -2.05. The van der Waals surface area contributed by atoms with Gasteiger partial charge >= 0.3 is 0 Å². The van der Waals surface area contributed by atoms with Crippen molar-refractivity contribution in [2.75, 3.05) is 17.1 Å². The van der Waals surface area contributed by atoms with Gasteiger partial charge in [0.15, 0.2) is 0 Å². The minimum absolute atomic E-state index is 0.0973. The van der Waals surface area contributed by atoms with Crippen LogP contribution < -0.4 is 9.62 Å². The third-order valence-electron chi connectivity index (χ3n) is 4.28. The zero-order valence-corrected chi connectivity index (χ0v) is 17.3. The summed E-state index contributed by atoms with van der Waals surface area (Å²) < 4.78 is 25.7. The summed E-state index contributed by atoms with van der Waals surface area (Å²) in [6.45, 7) is 3.97. The van der Waals surface area contributed by atoms with Gasteiger partial charge < -0.3 is 5.32 Å². The second-order valence-electron chi connectivity index (χ2n) is 6.57. The van der Waals surface area contributed by atoms with Gasteiger partial charge in [0.1, 0.15) is 0 Å². The Bertz CT molecular complexity index is 885. The van der Waals surface area contributed by atoms with Crippen LogP contribution in [0.1, 0.15) is 36.9 Å². The smallest absolute Gasteiger partial charge is 0.232 e. The van der Waals surface area contributed by atoms with Crippen LogP contribution in [0.25, 0.3) is 0 Å². The second-order valence-corrected chi connectivity index (χ2v) is 8.91. The van der Waals surface area contributed by atoms with Gasteiger partial charge in [-0.25, -0.2) is 8.42 Å². The topological polar surface area (TPSA) is 66.5 Å². The molecule has 0 saturated carbocycles. The number of nitrogens with zero attached hydrogens (tertiary/aromatic N) is 1. The van der Waals surface area contributed by atoms with Crippen LogP contribution >= 0.6 is 11.6 Å². The Morgan fingerprint density at radius 3 is 2.48 bits per heavy atom. The molecule has 0 aliphatic rings. The molecule has 1 amide bonds. The van der Waals surface area contributed by atoms with Crippen LogP contribution in [0, 0.1) is 6.92 Å². The van der Waals surface area contributed by atoms with Crippen LogP contribution in [-0.4, -0.2) is 27.1 Å². The lowest BCUT2D eigenvalue weighted by Crippen LogP contribution is -2.33. The molecule has 0 aromatic heterocycles. The van der Waals surface area contributed by atoms with Crippen LogP contribution in [0.2, 0.25) is 5.02 Å². The zero-order valence-electron chi connectivity index (χ0n) is 15.8. The molecule has 5 nitrogen and oxygen atoms in total. The van der Waals surface area contributed by atoms with E-state index >= 15 is 0 Å². The largest absolute Gasteiger partial charge is 0.350 e. The third kappa shape index (κ3) is 6.26. The van der Waals surface area contributed by atoms with E-state index in [4.69, 9.17) is 11.6 Å². The van der Waals surface area contributed by atoms with Gasteiger partial charge in [0.25, 0.3) is 0 Å². The molecule has 0 aliphatic heterocycles. The average Bonchev–Trinajstić information content (AvgIpc) is 2.61. The fourth-order valence-electron chi connectivity index (χ4n) is 2.84. The molecular weight excluding hydrogens is 384 g/mol. The summed E-state index contributed by atoms with van der Waals surface area (Å²) in [4.78, 5) is 12.2. The Morgan fingerprint density at radius 1 is 1.19 bits per heavy atom. The lowest BCUT2D eigenvalue weighted by molar-refractivity contribution is -0.121. The van der Waals surface area contributed by atoms with E-state index in [1.54, 1.807) is 18.2 Å². The molecule has 0 unspecified atom stereocenters. The van der Waals surface area contributed by atoms with Crippen molar-refractivity contribution in [3.05, 3.63) is 64.7 Å². The molecule has 0 heterocycles.